The Morgan fingerprint density at radius 1 is 1.00 bits per heavy atom. The van der Waals surface area contributed by atoms with Gasteiger partial charge >= 0.3 is 0 Å². The summed E-state index contributed by atoms with van der Waals surface area (Å²) < 4.78 is 10.8. The van der Waals surface area contributed by atoms with E-state index in [1.807, 2.05) is 48.5 Å². The first-order valence-corrected chi connectivity index (χ1v) is 5.52. The van der Waals surface area contributed by atoms with Gasteiger partial charge in [0.05, 0.1) is 7.11 Å². The molecule has 0 aliphatic rings. The van der Waals surface area contributed by atoms with Crippen LogP contribution in [0.15, 0.2) is 53.7 Å². The maximum Gasteiger partial charge on any atom is 0.132 e. The van der Waals surface area contributed by atoms with Crippen LogP contribution in [-0.2, 0) is 6.54 Å². The number of hydrogen-bond donors (Lipinski definition) is 0. The molecule has 0 aliphatic heterocycles. The summed E-state index contributed by atoms with van der Waals surface area (Å²) in [7, 11) is 1.61. The second-order valence-electron chi connectivity index (χ2n) is 3.67. The van der Waals surface area contributed by atoms with E-state index in [4.69, 9.17) is 9.47 Å². The standard InChI is InChI=1S/C14H13NO3/c1-17-12-6-8-13(9-7-12)18-14-5-3-2-4-11(14)10-15-16/h2-9H,10H2,1H3. The number of rotatable bonds is 5. The van der Waals surface area contributed by atoms with E-state index in [2.05, 4.69) is 5.18 Å². The lowest BCUT2D eigenvalue weighted by atomic mass is 10.2. The highest BCUT2D eigenvalue weighted by atomic mass is 16.5. The van der Waals surface area contributed by atoms with Gasteiger partial charge in [-0.1, -0.05) is 23.4 Å². The number of nitroso groups, excluding NO2 is 1. The van der Waals surface area contributed by atoms with Crippen LogP contribution >= 0.6 is 0 Å². The molecule has 0 saturated carbocycles. The second-order valence-corrected chi connectivity index (χ2v) is 3.67. The quantitative estimate of drug-likeness (QED) is 0.751. The molecular formula is C14H13NO3. The Morgan fingerprint density at radius 3 is 2.33 bits per heavy atom. The van der Waals surface area contributed by atoms with Crippen LogP contribution in [0.4, 0.5) is 0 Å². The van der Waals surface area contributed by atoms with Crippen molar-refractivity contribution in [1.82, 2.24) is 0 Å². The van der Waals surface area contributed by atoms with Gasteiger partial charge in [-0.25, -0.2) is 0 Å². The van der Waals surface area contributed by atoms with Gasteiger partial charge in [0.2, 0.25) is 0 Å². The molecule has 0 bridgehead atoms. The van der Waals surface area contributed by atoms with E-state index >= 15 is 0 Å². The fourth-order valence-electron chi connectivity index (χ4n) is 1.57. The maximum absolute atomic E-state index is 10.3. The van der Waals surface area contributed by atoms with Crippen molar-refractivity contribution in [2.24, 2.45) is 5.18 Å². The molecule has 2 rings (SSSR count). The molecule has 0 saturated heterocycles. The molecule has 4 nitrogen and oxygen atoms in total. The van der Waals surface area contributed by atoms with Crippen molar-refractivity contribution in [3.05, 3.63) is 59.0 Å². The van der Waals surface area contributed by atoms with Gasteiger partial charge in [0.15, 0.2) is 0 Å². The fourth-order valence-corrected chi connectivity index (χ4v) is 1.57. The minimum absolute atomic E-state index is 0.104. The Labute approximate surface area is 105 Å². The Bertz CT molecular complexity index is 523. The SMILES string of the molecule is COc1ccc(Oc2ccccc2CN=O)cc1. The Hall–Kier alpha value is -2.36. The second kappa shape index (κ2) is 5.82. The van der Waals surface area contributed by atoms with Crippen LogP contribution in [0.1, 0.15) is 5.56 Å². The fraction of sp³-hybridized carbons (Fsp3) is 0.143. The Kier molecular flexibility index (Phi) is 3.91. The summed E-state index contributed by atoms with van der Waals surface area (Å²) in [6.45, 7) is 0.104. The first-order chi connectivity index (χ1) is 8.83. The molecule has 2 aromatic rings. The minimum Gasteiger partial charge on any atom is -0.497 e. The zero-order valence-electron chi connectivity index (χ0n) is 10.00. The molecule has 0 aromatic heterocycles. The van der Waals surface area contributed by atoms with E-state index in [0.29, 0.717) is 11.5 Å². The van der Waals surface area contributed by atoms with Crippen molar-refractivity contribution >= 4 is 0 Å². The largest absolute Gasteiger partial charge is 0.497 e. The molecule has 18 heavy (non-hydrogen) atoms. The van der Waals surface area contributed by atoms with E-state index in [0.717, 1.165) is 11.3 Å². The minimum atomic E-state index is 0.104. The van der Waals surface area contributed by atoms with Gasteiger partial charge in [0.25, 0.3) is 0 Å². The number of benzene rings is 2. The third kappa shape index (κ3) is 2.85. The molecule has 0 spiro atoms. The van der Waals surface area contributed by atoms with Crippen LogP contribution in [0, 0.1) is 4.91 Å². The van der Waals surface area contributed by atoms with Crippen LogP contribution in [0.5, 0.6) is 17.2 Å². The lowest BCUT2D eigenvalue weighted by Crippen LogP contribution is -1.90. The molecule has 0 fully saturated rings. The van der Waals surface area contributed by atoms with Gasteiger partial charge in [-0.15, -0.1) is 0 Å². The lowest BCUT2D eigenvalue weighted by Gasteiger charge is -2.09. The highest BCUT2D eigenvalue weighted by Gasteiger charge is 2.04. The van der Waals surface area contributed by atoms with Crippen molar-refractivity contribution < 1.29 is 9.47 Å². The summed E-state index contributed by atoms with van der Waals surface area (Å²) in [5.74, 6) is 2.10. The summed E-state index contributed by atoms with van der Waals surface area (Å²) in [5.41, 5.74) is 0.767. The molecule has 92 valence electrons. The van der Waals surface area contributed by atoms with Crippen LogP contribution in [0.2, 0.25) is 0 Å². The summed E-state index contributed by atoms with van der Waals surface area (Å²) in [6, 6.07) is 14.6. The van der Waals surface area contributed by atoms with Gasteiger partial charge < -0.3 is 9.47 Å². The number of hydrogen-bond acceptors (Lipinski definition) is 4. The summed E-state index contributed by atoms with van der Waals surface area (Å²) in [5, 5.41) is 2.89. The van der Waals surface area contributed by atoms with Crippen molar-refractivity contribution in [2.45, 2.75) is 6.54 Å². The van der Waals surface area contributed by atoms with Crippen molar-refractivity contribution in [2.75, 3.05) is 7.11 Å². The van der Waals surface area contributed by atoms with Gasteiger partial charge in [-0.3, -0.25) is 0 Å². The van der Waals surface area contributed by atoms with Crippen molar-refractivity contribution in [3.8, 4) is 17.2 Å². The number of nitrogens with zero attached hydrogens (tertiary/aromatic N) is 1. The molecule has 0 amide bonds. The van der Waals surface area contributed by atoms with Crippen LogP contribution in [0.3, 0.4) is 0 Å². The number of para-hydroxylation sites is 1. The zero-order valence-corrected chi connectivity index (χ0v) is 10.00. The smallest absolute Gasteiger partial charge is 0.132 e. The van der Waals surface area contributed by atoms with Gasteiger partial charge in [-0.05, 0) is 30.3 Å². The van der Waals surface area contributed by atoms with Gasteiger partial charge in [-0.2, -0.15) is 4.91 Å². The molecule has 0 aliphatic carbocycles. The molecule has 0 atom stereocenters. The Morgan fingerprint density at radius 2 is 1.67 bits per heavy atom. The topological polar surface area (TPSA) is 47.9 Å². The highest BCUT2D eigenvalue weighted by Crippen LogP contribution is 2.27. The molecular weight excluding hydrogens is 230 g/mol. The predicted octanol–water partition coefficient (Wildman–Crippen LogP) is 3.75. The highest BCUT2D eigenvalue weighted by molar-refractivity contribution is 5.39. The van der Waals surface area contributed by atoms with E-state index in [-0.39, 0.29) is 6.54 Å². The average molecular weight is 243 g/mol. The summed E-state index contributed by atoms with van der Waals surface area (Å²) in [4.78, 5) is 10.3. The van der Waals surface area contributed by atoms with Gasteiger partial charge in [0.1, 0.15) is 23.8 Å². The molecule has 0 radical (unpaired) electrons. The number of ether oxygens (including phenoxy) is 2. The van der Waals surface area contributed by atoms with Crippen molar-refractivity contribution in [3.63, 3.8) is 0 Å². The summed E-state index contributed by atoms with van der Waals surface area (Å²) >= 11 is 0. The van der Waals surface area contributed by atoms with E-state index < -0.39 is 0 Å². The number of methoxy groups -OCH3 is 1. The third-order valence-electron chi connectivity index (χ3n) is 2.49. The molecule has 2 aromatic carbocycles. The average Bonchev–Trinajstić information content (AvgIpc) is 2.42. The molecule has 0 N–H and O–H groups in total. The maximum atomic E-state index is 10.3. The normalized spacial score (nSPS) is 9.83. The Balaban J connectivity index is 2.19. The van der Waals surface area contributed by atoms with Crippen molar-refractivity contribution in [1.29, 1.82) is 0 Å². The van der Waals surface area contributed by atoms with Crippen LogP contribution < -0.4 is 9.47 Å². The molecule has 0 unspecified atom stereocenters. The van der Waals surface area contributed by atoms with Crippen LogP contribution in [-0.4, -0.2) is 7.11 Å². The zero-order chi connectivity index (χ0) is 12.8. The predicted molar refractivity (Wildman–Crippen MR) is 69.0 cm³/mol. The lowest BCUT2D eigenvalue weighted by molar-refractivity contribution is 0.412. The molecule has 4 heteroatoms. The van der Waals surface area contributed by atoms with Gasteiger partial charge in [0, 0.05) is 5.56 Å². The molecule has 0 heterocycles. The van der Waals surface area contributed by atoms with E-state index in [1.54, 1.807) is 7.11 Å². The van der Waals surface area contributed by atoms with Crippen LogP contribution in [0.25, 0.3) is 0 Å². The monoisotopic (exact) mass is 243 g/mol. The first kappa shape index (κ1) is 12.1. The third-order valence-corrected chi connectivity index (χ3v) is 2.49. The first-order valence-electron chi connectivity index (χ1n) is 5.52. The van der Waals surface area contributed by atoms with E-state index in [1.165, 1.54) is 0 Å². The summed E-state index contributed by atoms with van der Waals surface area (Å²) in [6.07, 6.45) is 0. The van der Waals surface area contributed by atoms with E-state index in [9.17, 15) is 4.91 Å².